The van der Waals surface area contributed by atoms with Crippen LogP contribution in [0.4, 0.5) is 0 Å². The summed E-state index contributed by atoms with van der Waals surface area (Å²) in [5, 5.41) is 4.45. The lowest BCUT2D eigenvalue weighted by molar-refractivity contribution is 0.0925. The summed E-state index contributed by atoms with van der Waals surface area (Å²) in [5.74, 6) is 0.105. The molecule has 106 valence electrons. The molecule has 3 aromatic rings. The van der Waals surface area contributed by atoms with Gasteiger partial charge in [0.1, 0.15) is 5.58 Å². The Hall–Kier alpha value is -2.26. The molecule has 0 unspecified atom stereocenters. The molecule has 0 radical (unpaired) electrons. The predicted octanol–water partition coefficient (Wildman–Crippen LogP) is 4.32. The van der Waals surface area contributed by atoms with Crippen LogP contribution in [-0.4, -0.2) is 5.91 Å². The minimum absolute atomic E-state index is 0.222. The van der Waals surface area contributed by atoms with E-state index in [1.165, 1.54) is 0 Å². The molecule has 4 heteroatoms. The van der Waals surface area contributed by atoms with Crippen molar-refractivity contribution in [1.82, 2.24) is 5.32 Å². The van der Waals surface area contributed by atoms with Gasteiger partial charge in [-0.25, -0.2) is 0 Å². The molecule has 0 spiro atoms. The molecule has 3 rings (SSSR count). The fraction of sp³-hybridized carbons (Fsp3) is 0.118. The number of nitrogens with one attached hydrogen (secondary N) is 1. The van der Waals surface area contributed by atoms with E-state index in [2.05, 4.69) is 5.32 Å². The van der Waals surface area contributed by atoms with E-state index in [4.69, 9.17) is 16.0 Å². The van der Waals surface area contributed by atoms with Crippen LogP contribution in [0.3, 0.4) is 0 Å². The maximum atomic E-state index is 12.1. The van der Waals surface area contributed by atoms with Gasteiger partial charge in [0.25, 0.3) is 5.91 Å². The SMILES string of the molecule is Cc1cccc2cc(C(=O)NCc3ccc(Cl)cc3)oc12. The number of aryl methyl sites for hydroxylation is 1. The highest BCUT2D eigenvalue weighted by atomic mass is 35.5. The molecule has 1 heterocycles. The van der Waals surface area contributed by atoms with Crippen LogP contribution in [0.2, 0.25) is 5.02 Å². The number of fused-ring (bicyclic) bond motifs is 1. The Morgan fingerprint density at radius 2 is 1.95 bits per heavy atom. The first kappa shape index (κ1) is 13.7. The third-order valence-electron chi connectivity index (χ3n) is 3.33. The first-order valence-corrected chi connectivity index (χ1v) is 7.03. The van der Waals surface area contributed by atoms with Crippen LogP contribution >= 0.6 is 11.6 Å². The van der Waals surface area contributed by atoms with Crippen molar-refractivity contribution in [3.8, 4) is 0 Å². The molecule has 1 aromatic heterocycles. The zero-order valence-corrected chi connectivity index (χ0v) is 12.3. The Kier molecular flexibility index (Phi) is 3.67. The minimum atomic E-state index is -0.222. The molecule has 0 saturated carbocycles. The van der Waals surface area contributed by atoms with Crippen molar-refractivity contribution < 1.29 is 9.21 Å². The van der Waals surface area contributed by atoms with E-state index >= 15 is 0 Å². The Bertz CT molecular complexity index is 790. The molecule has 21 heavy (non-hydrogen) atoms. The van der Waals surface area contributed by atoms with Gasteiger partial charge < -0.3 is 9.73 Å². The minimum Gasteiger partial charge on any atom is -0.451 e. The Morgan fingerprint density at radius 3 is 2.67 bits per heavy atom. The van der Waals surface area contributed by atoms with Gasteiger partial charge in [-0.3, -0.25) is 4.79 Å². The second-order valence-corrected chi connectivity index (χ2v) is 5.35. The molecule has 1 amide bonds. The molecule has 2 aromatic carbocycles. The van der Waals surface area contributed by atoms with Crippen LogP contribution in [0.1, 0.15) is 21.7 Å². The number of rotatable bonds is 3. The van der Waals surface area contributed by atoms with Crippen molar-refractivity contribution in [3.05, 3.63) is 70.4 Å². The molecule has 0 atom stereocenters. The number of para-hydroxylation sites is 1. The highest BCUT2D eigenvalue weighted by Crippen LogP contribution is 2.22. The molecule has 0 aliphatic rings. The first-order valence-electron chi connectivity index (χ1n) is 6.65. The number of furan rings is 1. The molecular weight excluding hydrogens is 286 g/mol. The lowest BCUT2D eigenvalue weighted by Gasteiger charge is -2.03. The molecule has 0 saturated heterocycles. The number of hydrogen-bond donors (Lipinski definition) is 1. The van der Waals surface area contributed by atoms with Crippen LogP contribution in [0.25, 0.3) is 11.0 Å². The molecule has 0 aliphatic heterocycles. The topological polar surface area (TPSA) is 42.2 Å². The summed E-state index contributed by atoms with van der Waals surface area (Å²) in [5.41, 5.74) is 2.76. The number of halogens is 1. The lowest BCUT2D eigenvalue weighted by atomic mass is 10.2. The van der Waals surface area contributed by atoms with Gasteiger partial charge in [0.15, 0.2) is 5.76 Å². The fourth-order valence-electron chi connectivity index (χ4n) is 2.19. The monoisotopic (exact) mass is 299 g/mol. The zero-order chi connectivity index (χ0) is 14.8. The van der Waals surface area contributed by atoms with Crippen molar-refractivity contribution in [2.45, 2.75) is 13.5 Å². The lowest BCUT2D eigenvalue weighted by Crippen LogP contribution is -2.22. The summed E-state index contributed by atoms with van der Waals surface area (Å²) >= 11 is 5.83. The second kappa shape index (κ2) is 5.62. The second-order valence-electron chi connectivity index (χ2n) is 4.91. The average molecular weight is 300 g/mol. The highest BCUT2D eigenvalue weighted by Gasteiger charge is 2.12. The van der Waals surface area contributed by atoms with E-state index in [1.54, 1.807) is 18.2 Å². The van der Waals surface area contributed by atoms with Gasteiger partial charge >= 0.3 is 0 Å². The van der Waals surface area contributed by atoms with E-state index in [9.17, 15) is 4.79 Å². The molecular formula is C17H14ClNO2. The fourth-order valence-corrected chi connectivity index (χ4v) is 2.32. The molecule has 3 nitrogen and oxygen atoms in total. The van der Waals surface area contributed by atoms with Gasteiger partial charge in [0.05, 0.1) is 0 Å². The summed E-state index contributed by atoms with van der Waals surface area (Å²) < 4.78 is 5.63. The zero-order valence-electron chi connectivity index (χ0n) is 11.5. The Labute approximate surface area is 127 Å². The number of amides is 1. The predicted molar refractivity (Wildman–Crippen MR) is 83.6 cm³/mol. The van der Waals surface area contributed by atoms with Crippen LogP contribution in [-0.2, 0) is 6.54 Å². The number of carbonyl (C=O) groups is 1. The Morgan fingerprint density at radius 1 is 1.19 bits per heavy atom. The molecule has 0 fully saturated rings. The van der Waals surface area contributed by atoms with Crippen LogP contribution in [0.5, 0.6) is 0 Å². The van der Waals surface area contributed by atoms with Crippen molar-refractivity contribution in [2.75, 3.05) is 0 Å². The third kappa shape index (κ3) is 2.93. The average Bonchev–Trinajstić information content (AvgIpc) is 2.92. The summed E-state index contributed by atoms with van der Waals surface area (Å²) in [6.07, 6.45) is 0. The smallest absolute Gasteiger partial charge is 0.287 e. The Balaban J connectivity index is 1.75. The van der Waals surface area contributed by atoms with Crippen molar-refractivity contribution in [3.63, 3.8) is 0 Å². The van der Waals surface area contributed by atoms with Crippen LogP contribution < -0.4 is 5.32 Å². The van der Waals surface area contributed by atoms with E-state index in [0.717, 1.165) is 22.1 Å². The summed E-state index contributed by atoms with van der Waals surface area (Å²) in [4.78, 5) is 12.1. The van der Waals surface area contributed by atoms with Gasteiger partial charge in [0, 0.05) is 17.0 Å². The van der Waals surface area contributed by atoms with Crippen molar-refractivity contribution >= 4 is 28.5 Å². The maximum Gasteiger partial charge on any atom is 0.287 e. The van der Waals surface area contributed by atoms with Gasteiger partial charge in [-0.15, -0.1) is 0 Å². The molecule has 0 aliphatic carbocycles. The van der Waals surface area contributed by atoms with Crippen LogP contribution in [0, 0.1) is 6.92 Å². The standard InChI is InChI=1S/C17H14ClNO2/c1-11-3-2-4-13-9-15(21-16(11)13)17(20)19-10-12-5-7-14(18)8-6-12/h2-9H,10H2,1H3,(H,19,20). The van der Waals surface area contributed by atoms with Gasteiger partial charge in [0.2, 0.25) is 0 Å². The van der Waals surface area contributed by atoms with E-state index in [-0.39, 0.29) is 5.91 Å². The van der Waals surface area contributed by atoms with Crippen molar-refractivity contribution in [2.24, 2.45) is 0 Å². The van der Waals surface area contributed by atoms with E-state index in [0.29, 0.717) is 17.3 Å². The molecule has 1 N–H and O–H groups in total. The van der Waals surface area contributed by atoms with E-state index in [1.807, 2.05) is 37.3 Å². The molecule has 0 bridgehead atoms. The first-order chi connectivity index (χ1) is 10.1. The van der Waals surface area contributed by atoms with Gasteiger partial charge in [-0.1, -0.05) is 41.9 Å². The summed E-state index contributed by atoms with van der Waals surface area (Å²) in [7, 11) is 0. The maximum absolute atomic E-state index is 12.1. The highest BCUT2D eigenvalue weighted by molar-refractivity contribution is 6.30. The van der Waals surface area contributed by atoms with Crippen LogP contribution in [0.15, 0.2) is 52.9 Å². The normalized spacial score (nSPS) is 10.8. The van der Waals surface area contributed by atoms with Gasteiger partial charge in [-0.05, 0) is 36.2 Å². The summed E-state index contributed by atoms with van der Waals surface area (Å²) in [6.45, 7) is 2.40. The quantitative estimate of drug-likeness (QED) is 0.782. The van der Waals surface area contributed by atoms with Crippen molar-refractivity contribution in [1.29, 1.82) is 0 Å². The largest absolute Gasteiger partial charge is 0.451 e. The number of hydrogen-bond acceptors (Lipinski definition) is 2. The number of benzene rings is 2. The third-order valence-corrected chi connectivity index (χ3v) is 3.58. The number of carbonyl (C=O) groups excluding carboxylic acids is 1. The van der Waals surface area contributed by atoms with Gasteiger partial charge in [-0.2, -0.15) is 0 Å². The summed E-state index contributed by atoms with van der Waals surface area (Å²) in [6, 6.07) is 15.0. The van der Waals surface area contributed by atoms with E-state index < -0.39 is 0 Å².